The molecule has 7 nitrogen and oxygen atoms in total. The Balaban J connectivity index is 3.35. The van der Waals surface area contributed by atoms with Gasteiger partial charge in [0.1, 0.15) is 0 Å². The summed E-state index contributed by atoms with van der Waals surface area (Å²) in [6.45, 7) is 0. The average Bonchev–Trinajstić information content (AvgIpc) is 2.15. The smallest absolute Gasteiger partial charge is 0.258 e. The molecule has 0 amide bonds. The van der Waals surface area contributed by atoms with Crippen LogP contribution in [0.4, 0.5) is 17.1 Å². The van der Waals surface area contributed by atoms with E-state index in [1.165, 1.54) is 12.1 Å². The lowest BCUT2D eigenvalue weighted by Crippen LogP contribution is -1.92. The number of nitro benzene ring substituents is 2. The highest BCUT2D eigenvalue weighted by molar-refractivity contribution is 7.85. The maximum Gasteiger partial charge on any atom is 0.278 e. The molecule has 8 heteroatoms. The van der Waals surface area contributed by atoms with E-state index in [9.17, 15) is 20.2 Å². The number of rotatable bonds is 3. The van der Waals surface area contributed by atoms with E-state index in [1.54, 1.807) is 0 Å². The summed E-state index contributed by atoms with van der Waals surface area (Å²) in [6.07, 6.45) is 3.62. The van der Waals surface area contributed by atoms with Crippen molar-refractivity contribution in [3.63, 3.8) is 0 Å². The molecule has 0 unspecified atom stereocenters. The molecule has 1 aromatic carbocycles. The molecule has 0 aliphatic heterocycles. The molecule has 0 heterocycles. The minimum absolute atomic E-state index is 0.259. The van der Waals surface area contributed by atoms with Gasteiger partial charge >= 0.3 is 0 Å². The summed E-state index contributed by atoms with van der Waals surface area (Å²) in [5.74, 6) is 0. The van der Waals surface area contributed by atoms with E-state index in [2.05, 4.69) is 4.36 Å². The lowest BCUT2D eigenvalue weighted by atomic mass is 10.2. The fourth-order valence-electron chi connectivity index (χ4n) is 1.05. The monoisotopic (exact) mass is 243 g/mol. The summed E-state index contributed by atoms with van der Waals surface area (Å²) in [7, 11) is -0.330. The first kappa shape index (κ1) is 12.2. The summed E-state index contributed by atoms with van der Waals surface area (Å²) in [5, 5.41) is 21.1. The molecule has 16 heavy (non-hydrogen) atoms. The predicted molar refractivity (Wildman–Crippen MR) is 61.1 cm³/mol. The molecule has 1 rings (SSSR count). The Morgan fingerprint density at radius 2 is 1.50 bits per heavy atom. The van der Waals surface area contributed by atoms with Crippen LogP contribution in [-0.4, -0.2) is 22.4 Å². The fraction of sp³-hybridized carbons (Fsp3) is 0.250. The van der Waals surface area contributed by atoms with Gasteiger partial charge in [-0.1, -0.05) is 0 Å². The Kier molecular flexibility index (Phi) is 3.67. The van der Waals surface area contributed by atoms with Gasteiger partial charge in [0.15, 0.2) is 0 Å². The maximum atomic E-state index is 10.6. The van der Waals surface area contributed by atoms with Crippen LogP contribution in [0, 0.1) is 20.2 Å². The van der Waals surface area contributed by atoms with Crippen molar-refractivity contribution in [1.82, 2.24) is 0 Å². The van der Waals surface area contributed by atoms with Crippen LogP contribution in [0.15, 0.2) is 22.6 Å². The highest BCUT2D eigenvalue weighted by atomic mass is 32.2. The van der Waals surface area contributed by atoms with Crippen molar-refractivity contribution >= 4 is 27.8 Å². The third-order valence-electron chi connectivity index (χ3n) is 1.60. The molecule has 0 bridgehead atoms. The molecule has 0 atom stereocenters. The lowest BCUT2D eigenvalue weighted by Gasteiger charge is -1.97. The molecular formula is C8H9N3O4S. The second-order valence-electron chi connectivity index (χ2n) is 3.09. The van der Waals surface area contributed by atoms with Crippen LogP contribution < -0.4 is 0 Å². The number of nitrogens with zero attached hydrogens (tertiary/aromatic N) is 3. The van der Waals surface area contributed by atoms with Gasteiger partial charge < -0.3 is 0 Å². The predicted octanol–water partition coefficient (Wildman–Crippen LogP) is 2.20. The zero-order valence-electron chi connectivity index (χ0n) is 8.61. The molecule has 0 aromatic heterocycles. The third-order valence-corrected chi connectivity index (χ3v) is 2.17. The fourth-order valence-corrected chi connectivity index (χ4v) is 1.58. The van der Waals surface area contributed by atoms with Crippen molar-refractivity contribution in [2.24, 2.45) is 4.36 Å². The van der Waals surface area contributed by atoms with Gasteiger partial charge in [0.2, 0.25) is 0 Å². The summed E-state index contributed by atoms with van der Waals surface area (Å²) in [6, 6.07) is 3.36. The van der Waals surface area contributed by atoms with Crippen LogP contribution >= 0.6 is 0 Å². The van der Waals surface area contributed by atoms with Crippen molar-refractivity contribution < 1.29 is 9.85 Å². The standard InChI is InChI=1S/C8H9N3O4S/c1-16(2)9-6-3-7(10(12)13)5-8(4-6)11(14)15/h3-5H,1-2H3. The third kappa shape index (κ3) is 3.09. The summed E-state index contributed by atoms with van der Waals surface area (Å²) >= 11 is 0. The van der Waals surface area contributed by atoms with E-state index < -0.39 is 9.85 Å². The molecular weight excluding hydrogens is 234 g/mol. The van der Waals surface area contributed by atoms with E-state index in [0.29, 0.717) is 0 Å². The number of hydrogen-bond donors (Lipinski definition) is 0. The quantitative estimate of drug-likeness (QED) is 0.600. The van der Waals surface area contributed by atoms with Gasteiger partial charge in [-0.3, -0.25) is 20.2 Å². The van der Waals surface area contributed by atoms with Crippen LogP contribution in [0.2, 0.25) is 0 Å². The zero-order chi connectivity index (χ0) is 12.3. The summed E-state index contributed by atoms with van der Waals surface area (Å²) in [5.41, 5.74) is -0.383. The maximum absolute atomic E-state index is 10.6. The first-order chi connectivity index (χ1) is 7.40. The Labute approximate surface area is 93.5 Å². The van der Waals surface area contributed by atoms with E-state index in [-0.39, 0.29) is 27.8 Å². The van der Waals surface area contributed by atoms with Gasteiger partial charge in [-0.05, 0) is 12.5 Å². The SMILES string of the molecule is CS(C)=Nc1cc([N+](=O)[O-])cc([N+](=O)[O-])c1. The minimum Gasteiger partial charge on any atom is -0.258 e. The molecule has 0 radical (unpaired) electrons. The van der Waals surface area contributed by atoms with Crippen molar-refractivity contribution in [1.29, 1.82) is 0 Å². The Hall–Kier alpha value is -1.83. The van der Waals surface area contributed by atoms with Crippen molar-refractivity contribution in [3.8, 4) is 0 Å². The second-order valence-corrected chi connectivity index (χ2v) is 4.82. The minimum atomic E-state index is -0.671. The topological polar surface area (TPSA) is 98.6 Å². The lowest BCUT2D eigenvalue weighted by molar-refractivity contribution is -0.394. The van der Waals surface area contributed by atoms with Crippen molar-refractivity contribution in [2.75, 3.05) is 12.5 Å². The number of nitro groups is 2. The van der Waals surface area contributed by atoms with Gasteiger partial charge in [0.05, 0.1) is 21.6 Å². The number of non-ortho nitro benzene ring substituents is 2. The zero-order valence-corrected chi connectivity index (χ0v) is 9.43. The molecule has 0 saturated carbocycles. The number of benzene rings is 1. The van der Waals surface area contributed by atoms with Gasteiger partial charge in [-0.2, -0.15) is 0 Å². The molecule has 1 aromatic rings. The van der Waals surface area contributed by atoms with Gasteiger partial charge in [-0.25, -0.2) is 4.36 Å². The Morgan fingerprint density at radius 3 is 1.81 bits per heavy atom. The molecule has 0 spiro atoms. The van der Waals surface area contributed by atoms with Crippen LogP contribution in [0.3, 0.4) is 0 Å². The summed E-state index contributed by atoms with van der Waals surface area (Å²) < 4.78 is 4.06. The molecule has 0 saturated heterocycles. The molecule has 0 aliphatic rings. The highest BCUT2D eigenvalue weighted by Gasteiger charge is 2.15. The Bertz CT molecular complexity index is 450. The van der Waals surface area contributed by atoms with E-state index in [1.807, 2.05) is 12.5 Å². The van der Waals surface area contributed by atoms with Gasteiger partial charge in [-0.15, -0.1) is 10.7 Å². The second kappa shape index (κ2) is 4.79. The van der Waals surface area contributed by atoms with Gasteiger partial charge in [0, 0.05) is 12.1 Å². The molecule has 0 fully saturated rings. The normalized spacial score (nSPS) is 10.2. The highest BCUT2D eigenvalue weighted by Crippen LogP contribution is 2.27. The van der Waals surface area contributed by atoms with E-state index in [4.69, 9.17) is 0 Å². The van der Waals surface area contributed by atoms with Crippen LogP contribution in [0.25, 0.3) is 0 Å². The Morgan fingerprint density at radius 1 is 1.06 bits per heavy atom. The largest absolute Gasteiger partial charge is 0.278 e. The van der Waals surface area contributed by atoms with Crippen molar-refractivity contribution in [2.45, 2.75) is 0 Å². The molecule has 0 aliphatic carbocycles. The summed E-state index contributed by atoms with van der Waals surface area (Å²) in [4.78, 5) is 19.8. The molecule has 86 valence electrons. The van der Waals surface area contributed by atoms with Crippen LogP contribution in [0.5, 0.6) is 0 Å². The first-order valence-electron chi connectivity index (χ1n) is 4.13. The van der Waals surface area contributed by atoms with E-state index in [0.717, 1.165) is 6.07 Å². The average molecular weight is 243 g/mol. The van der Waals surface area contributed by atoms with Crippen LogP contribution in [-0.2, 0) is 10.7 Å². The first-order valence-corrected chi connectivity index (χ1v) is 6.13. The molecule has 0 N–H and O–H groups in total. The van der Waals surface area contributed by atoms with Crippen LogP contribution in [0.1, 0.15) is 0 Å². The van der Waals surface area contributed by atoms with Crippen molar-refractivity contribution in [3.05, 3.63) is 38.4 Å². The van der Waals surface area contributed by atoms with Gasteiger partial charge in [0.25, 0.3) is 11.4 Å². The van der Waals surface area contributed by atoms with E-state index >= 15 is 0 Å². The number of hydrogen-bond acceptors (Lipinski definition) is 5.